The van der Waals surface area contributed by atoms with Crippen molar-refractivity contribution in [2.75, 3.05) is 24.5 Å². The molecular formula is C17H16N2O. The minimum atomic E-state index is 0.159. The third-order valence-electron chi connectivity index (χ3n) is 4.18. The first kappa shape index (κ1) is 11.7. The van der Waals surface area contributed by atoms with Crippen molar-refractivity contribution in [2.45, 2.75) is 6.42 Å². The van der Waals surface area contributed by atoms with Gasteiger partial charge in [-0.15, -0.1) is 0 Å². The SMILES string of the molecule is O=C1CNCCN1c1ccc2c(c1)Cc1ccccc1-2. The van der Waals surface area contributed by atoms with Crippen LogP contribution >= 0.6 is 0 Å². The Balaban J connectivity index is 1.73. The predicted octanol–water partition coefficient (Wildman–Crippen LogP) is 2.19. The van der Waals surface area contributed by atoms with Gasteiger partial charge in [-0.05, 0) is 40.8 Å². The molecule has 3 nitrogen and oxygen atoms in total. The van der Waals surface area contributed by atoms with E-state index in [1.165, 1.54) is 22.3 Å². The molecule has 1 saturated heterocycles. The fourth-order valence-electron chi connectivity index (χ4n) is 3.18. The predicted molar refractivity (Wildman–Crippen MR) is 79.9 cm³/mol. The van der Waals surface area contributed by atoms with E-state index in [1.54, 1.807) is 0 Å². The van der Waals surface area contributed by atoms with E-state index < -0.39 is 0 Å². The van der Waals surface area contributed by atoms with Crippen LogP contribution in [-0.2, 0) is 11.2 Å². The lowest BCUT2D eigenvalue weighted by molar-refractivity contribution is -0.118. The number of hydrogen-bond acceptors (Lipinski definition) is 2. The van der Waals surface area contributed by atoms with E-state index >= 15 is 0 Å². The highest BCUT2D eigenvalue weighted by Crippen LogP contribution is 2.38. The molecule has 0 radical (unpaired) electrons. The first-order valence-electron chi connectivity index (χ1n) is 7.05. The Morgan fingerprint density at radius 1 is 1.00 bits per heavy atom. The molecular weight excluding hydrogens is 248 g/mol. The summed E-state index contributed by atoms with van der Waals surface area (Å²) in [6, 6.07) is 14.9. The van der Waals surface area contributed by atoms with E-state index in [0.717, 1.165) is 25.2 Å². The van der Waals surface area contributed by atoms with E-state index in [-0.39, 0.29) is 5.91 Å². The highest BCUT2D eigenvalue weighted by Gasteiger charge is 2.22. The lowest BCUT2D eigenvalue weighted by atomic mass is 10.1. The maximum atomic E-state index is 12.0. The van der Waals surface area contributed by atoms with E-state index in [0.29, 0.717) is 6.54 Å². The van der Waals surface area contributed by atoms with E-state index in [4.69, 9.17) is 0 Å². The Hall–Kier alpha value is -2.13. The summed E-state index contributed by atoms with van der Waals surface area (Å²) in [6.07, 6.45) is 0.972. The van der Waals surface area contributed by atoms with Crippen molar-refractivity contribution in [1.82, 2.24) is 5.32 Å². The van der Waals surface area contributed by atoms with Crippen LogP contribution in [0.4, 0.5) is 5.69 Å². The second-order valence-electron chi connectivity index (χ2n) is 5.40. The summed E-state index contributed by atoms with van der Waals surface area (Å²) in [5, 5.41) is 3.11. The van der Waals surface area contributed by atoms with Crippen molar-refractivity contribution in [2.24, 2.45) is 0 Å². The van der Waals surface area contributed by atoms with Crippen LogP contribution in [0.2, 0.25) is 0 Å². The standard InChI is InChI=1S/C17H16N2O/c20-17-11-18-7-8-19(17)14-5-6-16-13(10-14)9-12-3-1-2-4-15(12)16/h1-6,10,18H,7-9,11H2. The first-order valence-corrected chi connectivity index (χ1v) is 7.05. The van der Waals surface area contributed by atoms with Crippen LogP contribution in [0, 0.1) is 0 Å². The molecule has 2 aromatic carbocycles. The van der Waals surface area contributed by atoms with Gasteiger partial charge in [0, 0.05) is 18.8 Å². The number of nitrogens with zero attached hydrogens (tertiary/aromatic N) is 1. The number of piperazine rings is 1. The fourth-order valence-corrected chi connectivity index (χ4v) is 3.18. The number of amides is 1. The molecule has 1 amide bonds. The molecule has 3 heteroatoms. The molecule has 100 valence electrons. The van der Waals surface area contributed by atoms with Crippen LogP contribution < -0.4 is 10.2 Å². The van der Waals surface area contributed by atoms with Crippen molar-refractivity contribution in [3.05, 3.63) is 53.6 Å². The number of hydrogen-bond donors (Lipinski definition) is 1. The highest BCUT2D eigenvalue weighted by atomic mass is 16.2. The Morgan fingerprint density at radius 3 is 2.75 bits per heavy atom. The van der Waals surface area contributed by atoms with Crippen LogP contribution in [0.5, 0.6) is 0 Å². The second-order valence-corrected chi connectivity index (χ2v) is 5.40. The van der Waals surface area contributed by atoms with Gasteiger partial charge in [0.25, 0.3) is 0 Å². The summed E-state index contributed by atoms with van der Waals surface area (Å²) in [4.78, 5) is 13.9. The van der Waals surface area contributed by atoms with Crippen LogP contribution in [-0.4, -0.2) is 25.5 Å². The van der Waals surface area contributed by atoms with Crippen LogP contribution in [0.3, 0.4) is 0 Å². The molecule has 0 spiro atoms. The average molecular weight is 264 g/mol. The van der Waals surface area contributed by atoms with E-state index in [1.807, 2.05) is 4.90 Å². The zero-order valence-corrected chi connectivity index (χ0v) is 11.2. The number of fused-ring (bicyclic) bond motifs is 3. The first-order chi connectivity index (χ1) is 9.83. The molecule has 0 unspecified atom stereocenters. The Bertz CT molecular complexity index is 693. The summed E-state index contributed by atoms with van der Waals surface area (Å²) in [5.41, 5.74) is 6.39. The number of benzene rings is 2. The molecule has 1 fully saturated rings. The Labute approximate surface area is 118 Å². The maximum absolute atomic E-state index is 12.0. The third-order valence-corrected chi connectivity index (χ3v) is 4.18. The molecule has 1 aliphatic carbocycles. The van der Waals surface area contributed by atoms with E-state index in [9.17, 15) is 4.79 Å². The largest absolute Gasteiger partial charge is 0.310 e. The molecule has 1 aliphatic heterocycles. The lowest BCUT2D eigenvalue weighted by Gasteiger charge is -2.27. The van der Waals surface area contributed by atoms with Gasteiger partial charge in [0.1, 0.15) is 0 Å². The topological polar surface area (TPSA) is 32.3 Å². The maximum Gasteiger partial charge on any atom is 0.240 e. The zero-order valence-electron chi connectivity index (χ0n) is 11.2. The molecule has 20 heavy (non-hydrogen) atoms. The number of nitrogens with one attached hydrogen (secondary N) is 1. The van der Waals surface area contributed by atoms with Gasteiger partial charge in [-0.3, -0.25) is 4.79 Å². The fraction of sp³-hybridized carbons (Fsp3) is 0.235. The number of carbonyl (C=O) groups is 1. The van der Waals surface area contributed by atoms with Gasteiger partial charge in [0.2, 0.25) is 5.91 Å². The molecule has 0 aromatic heterocycles. The molecule has 0 saturated carbocycles. The molecule has 4 rings (SSSR count). The van der Waals surface area contributed by atoms with Gasteiger partial charge >= 0.3 is 0 Å². The molecule has 0 bridgehead atoms. The molecule has 1 heterocycles. The zero-order chi connectivity index (χ0) is 13.5. The van der Waals surface area contributed by atoms with Gasteiger partial charge in [-0.25, -0.2) is 0 Å². The van der Waals surface area contributed by atoms with Gasteiger partial charge in [0.15, 0.2) is 0 Å². The smallest absolute Gasteiger partial charge is 0.240 e. The number of rotatable bonds is 1. The van der Waals surface area contributed by atoms with Crippen LogP contribution in [0.25, 0.3) is 11.1 Å². The Kier molecular flexibility index (Phi) is 2.60. The van der Waals surface area contributed by atoms with Crippen molar-refractivity contribution >= 4 is 11.6 Å². The number of anilines is 1. The van der Waals surface area contributed by atoms with Gasteiger partial charge in [-0.2, -0.15) is 0 Å². The Morgan fingerprint density at radius 2 is 1.85 bits per heavy atom. The summed E-state index contributed by atoms with van der Waals surface area (Å²) in [6.45, 7) is 2.06. The quantitative estimate of drug-likeness (QED) is 0.730. The van der Waals surface area contributed by atoms with Crippen molar-refractivity contribution in [3.8, 4) is 11.1 Å². The van der Waals surface area contributed by atoms with Crippen LogP contribution in [0.1, 0.15) is 11.1 Å². The van der Waals surface area contributed by atoms with Gasteiger partial charge in [-0.1, -0.05) is 30.3 Å². The minimum Gasteiger partial charge on any atom is -0.310 e. The summed E-state index contributed by atoms with van der Waals surface area (Å²) in [5.74, 6) is 0.159. The minimum absolute atomic E-state index is 0.159. The van der Waals surface area contributed by atoms with Gasteiger partial charge in [0.05, 0.1) is 6.54 Å². The van der Waals surface area contributed by atoms with Crippen molar-refractivity contribution in [1.29, 1.82) is 0 Å². The molecule has 1 N–H and O–H groups in total. The van der Waals surface area contributed by atoms with E-state index in [2.05, 4.69) is 47.8 Å². The summed E-state index contributed by atoms with van der Waals surface area (Å²) < 4.78 is 0. The normalized spacial score (nSPS) is 17.0. The summed E-state index contributed by atoms with van der Waals surface area (Å²) in [7, 11) is 0. The molecule has 2 aromatic rings. The summed E-state index contributed by atoms with van der Waals surface area (Å²) >= 11 is 0. The molecule has 0 atom stereocenters. The second kappa shape index (κ2) is 4.46. The third kappa shape index (κ3) is 1.74. The highest BCUT2D eigenvalue weighted by molar-refractivity contribution is 5.96. The van der Waals surface area contributed by atoms with Crippen molar-refractivity contribution < 1.29 is 4.79 Å². The number of carbonyl (C=O) groups excluding carboxylic acids is 1. The molecule has 2 aliphatic rings. The average Bonchev–Trinajstić information content (AvgIpc) is 2.85. The van der Waals surface area contributed by atoms with Gasteiger partial charge < -0.3 is 10.2 Å². The lowest BCUT2D eigenvalue weighted by Crippen LogP contribution is -2.48. The van der Waals surface area contributed by atoms with Crippen molar-refractivity contribution in [3.63, 3.8) is 0 Å². The van der Waals surface area contributed by atoms with Crippen LogP contribution in [0.15, 0.2) is 42.5 Å². The monoisotopic (exact) mass is 264 g/mol.